The average Bonchev–Trinajstić information content (AvgIpc) is 2.45. The molecule has 2 rings (SSSR count). The van der Waals surface area contributed by atoms with Crippen molar-refractivity contribution in [2.75, 3.05) is 0 Å². The van der Waals surface area contributed by atoms with E-state index >= 15 is 0 Å². The Hall–Kier alpha value is -1.31. The SMILES string of the molecule is Cc1ccc2c(c1)CCC2(C)C(=O)O. The molecule has 1 unspecified atom stereocenters. The van der Waals surface area contributed by atoms with Crippen molar-refractivity contribution in [3.8, 4) is 0 Å². The number of hydrogen-bond donors (Lipinski definition) is 1. The quantitative estimate of drug-likeness (QED) is 0.737. The van der Waals surface area contributed by atoms with Crippen molar-refractivity contribution < 1.29 is 9.90 Å². The van der Waals surface area contributed by atoms with Gasteiger partial charge >= 0.3 is 5.97 Å². The zero-order chi connectivity index (χ0) is 10.3. The highest BCUT2D eigenvalue weighted by molar-refractivity contribution is 5.82. The second kappa shape index (κ2) is 2.84. The fourth-order valence-corrected chi connectivity index (χ4v) is 2.21. The number of hydrogen-bond acceptors (Lipinski definition) is 1. The molecule has 0 bridgehead atoms. The van der Waals surface area contributed by atoms with Gasteiger partial charge in [0.05, 0.1) is 5.41 Å². The predicted molar refractivity (Wildman–Crippen MR) is 54.5 cm³/mol. The second-order valence-electron chi connectivity index (χ2n) is 4.30. The molecule has 0 aromatic heterocycles. The molecule has 14 heavy (non-hydrogen) atoms. The minimum absolute atomic E-state index is 0.664. The van der Waals surface area contributed by atoms with E-state index in [1.165, 1.54) is 11.1 Å². The van der Waals surface area contributed by atoms with Crippen LogP contribution in [-0.4, -0.2) is 11.1 Å². The number of rotatable bonds is 1. The maximum absolute atomic E-state index is 11.2. The third kappa shape index (κ3) is 1.14. The zero-order valence-electron chi connectivity index (χ0n) is 8.50. The van der Waals surface area contributed by atoms with Crippen molar-refractivity contribution >= 4 is 5.97 Å². The summed E-state index contributed by atoms with van der Waals surface area (Å²) >= 11 is 0. The number of benzene rings is 1. The molecule has 1 aromatic rings. The molecule has 0 amide bonds. The van der Waals surface area contributed by atoms with Gasteiger partial charge in [-0.2, -0.15) is 0 Å². The molecule has 1 atom stereocenters. The summed E-state index contributed by atoms with van der Waals surface area (Å²) in [4.78, 5) is 11.2. The highest BCUT2D eigenvalue weighted by Gasteiger charge is 2.40. The van der Waals surface area contributed by atoms with Crippen LogP contribution in [0.2, 0.25) is 0 Å². The molecule has 1 aromatic carbocycles. The van der Waals surface area contributed by atoms with Crippen LogP contribution in [-0.2, 0) is 16.6 Å². The molecule has 2 nitrogen and oxygen atoms in total. The minimum Gasteiger partial charge on any atom is -0.481 e. The van der Waals surface area contributed by atoms with Crippen LogP contribution in [0.1, 0.15) is 30.0 Å². The lowest BCUT2D eigenvalue weighted by atomic mass is 9.84. The summed E-state index contributed by atoms with van der Waals surface area (Å²) in [7, 11) is 0. The first-order chi connectivity index (χ1) is 6.54. The summed E-state index contributed by atoms with van der Waals surface area (Å²) in [6, 6.07) is 6.06. The third-order valence-electron chi connectivity index (χ3n) is 3.22. The normalized spacial score (nSPS) is 24.7. The minimum atomic E-state index is -0.708. The van der Waals surface area contributed by atoms with Crippen LogP contribution in [0.3, 0.4) is 0 Å². The van der Waals surface area contributed by atoms with Crippen molar-refractivity contribution in [1.29, 1.82) is 0 Å². The van der Waals surface area contributed by atoms with Gasteiger partial charge in [0.1, 0.15) is 0 Å². The van der Waals surface area contributed by atoms with Crippen molar-refractivity contribution in [1.82, 2.24) is 0 Å². The molecule has 0 saturated carbocycles. The van der Waals surface area contributed by atoms with Gasteiger partial charge in [-0.3, -0.25) is 4.79 Å². The Morgan fingerprint density at radius 1 is 1.50 bits per heavy atom. The van der Waals surface area contributed by atoms with Gasteiger partial charge in [-0.1, -0.05) is 23.8 Å². The summed E-state index contributed by atoms with van der Waals surface area (Å²) in [5.74, 6) is -0.708. The number of aliphatic carboxylic acids is 1. The van der Waals surface area contributed by atoms with Crippen LogP contribution in [0.4, 0.5) is 0 Å². The van der Waals surface area contributed by atoms with Crippen LogP contribution in [0.5, 0.6) is 0 Å². The molecule has 0 radical (unpaired) electrons. The van der Waals surface area contributed by atoms with Crippen LogP contribution in [0, 0.1) is 6.92 Å². The molecule has 0 heterocycles. The summed E-state index contributed by atoms with van der Waals surface area (Å²) < 4.78 is 0. The van der Waals surface area contributed by atoms with Gasteiger partial charge in [-0.05, 0) is 37.8 Å². The van der Waals surface area contributed by atoms with E-state index in [4.69, 9.17) is 0 Å². The Bertz CT molecular complexity index is 395. The van der Waals surface area contributed by atoms with E-state index in [0.717, 1.165) is 18.4 Å². The average molecular weight is 190 g/mol. The first kappa shape index (κ1) is 9.25. The molecule has 0 saturated heterocycles. The van der Waals surface area contributed by atoms with Crippen molar-refractivity contribution in [3.05, 3.63) is 34.9 Å². The molecule has 2 heteroatoms. The maximum Gasteiger partial charge on any atom is 0.313 e. The van der Waals surface area contributed by atoms with E-state index in [1.54, 1.807) is 0 Å². The largest absolute Gasteiger partial charge is 0.481 e. The molecule has 1 aliphatic rings. The fourth-order valence-electron chi connectivity index (χ4n) is 2.21. The summed E-state index contributed by atoms with van der Waals surface area (Å²) in [5, 5.41) is 9.19. The summed E-state index contributed by atoms with van der Waals surface area (Å²) in [6.07, 6.45) is 1.61. The lowest BCUT2D eigenvalue weighted by Crippen LogP contribution is -2.29. The van der Waals surface area contributed by atoms with E-state index in [9.17, 15) is 9.90 Å². The molecule has 0 fully saturated rings. The summed E-state index contributed by atoms with van der Waals surface area (Å²) in [6.45, 7) is 3.85. The Balaban J connectivity index is 2.55. The number of fused-ring (bicyclic) bond motifs is 1. The molecule has 74 valence electrons. The van der Waals surface area contributed by atoms with Gasteiger partial charge in [0.2, 0.25) is 0 Å². The first-order valence-corrected chi connectivity index (χ1v) is 4.87. The van der Waals surface area contributed by atoms with Crippen molar-refractivity contribution in [2.45, 2.75) is 32.1 Å². The smallest absolute Gasteiger partial charge is 0.313 e. The summed E-state index contributed by atoms with van der Waals surface area (Å²) in [5.41, 5.74) is 2.74. The molecule has 0 aliphatic heterocycles. The highest BCUT2D eigenvalue weighted by atomic mass is 16.4. The van der Waals surface area contributed by atoms with Crippen LogP contribution in [0.15, 0.2) is 18.2 Å². The predicted octanol–water partition coefficient (Wildman–Crippen LogP) is 2.28. The Kier molecular flexibility index (Phi) is 1.88. The Morgan fingerprint density at radius 2 is 2.21 bits per heavy atom. The van der Waals surface area contributed by atoms with Crippen molar-refractivity contribution in [3.63, 3.8) is 0 Å². The maximum atomic E-state index is 11.2. The first-order valence-electron chi connectivity index (χ1n) is 4.87. The van der Waals surface area contributed by atoms with Gasteiger partial charge in [-0.15, -0.1) is 0 Å². The third-order valence-corrected chi connectivity index (χ3v) is 3.22. The van der Waals surface area contributed by atoms with Crippen LogP contribution in [0.25, 0.3) is 0 Å². The van der Waals surface area contributed by atoms with Gasteiger partial charge < -0.3 is 5.11 Å². The molecular weight excluding hydrogens is 176 g/mol. The van der Waals surface area contributed by atoms with Gasteiger partial charge in [0.25, 0.3) is 0 Å². The monoisotopic (exact) mass is 190 g/mol. The van der Waals surface area contributed by atoms with E-state index < -0.39 is 11.4 Å². The van der Waals surface area contributed by atoms with Gasteiger partial charge in [-0.25, -0.2) is 0 Å². The van der Waals surface area contributed by atoms with E-state index in [-0.39, 0.29) is 0 Å². The second-order valence-corrected chi connectivity index (χ2v) is 4.30. The zero-order valence-corrected chi connectivity index (χ0v) is 8.50. The van der Waals surface area contributed by atoms with Crippen molar-refractivity contribution in [2.24, 2.45) is 0 Å². The molecular formula is C12H14O2. The van der Waals surface area contributed by atoms with E-state index in [0.29, 0.717) is 0 Å². The van der Waals surface area contributed by atoms with Crippen LogP contribution >= 0.6 is 0 Å². The Labute approximate surface area is 83.6 Å². The number of carboxylic acid groups (broad SMARTS) is 1. The van der Waals surface area contributed by atoms with E-state index in [2.05, 4.69) is 6.07 Å². The Morgan fingerprint density at radius 3 is 2.86 bits per heavy atom. The highest BCUT2D eigenvalue weighted by Crippen LogP contribution is 2.39. The molecule has 1 N–H and O–H groups in total. The van der Waals surface area contributed by atoms with E-state index in [1.807, 2.05) is 26.0 Å². The number of carbonyl (C=O) groups is 1. The fraction of sp³-hybridized carbons (Fsp3) is 0.417. The van der Waals surface area contributed by atoms with Gasteiger partial charge in [0, 0.05) is 0 Å². The number of carboxylic acids is 1. The van der Waals surface area contributed by atoms with Crippen LogP contribution < -0.4 is 0 Å². The molecule has 1 aliphatic carbocycles. The standard InChI is InChI=1S/C12H14O2/c1-8-3-4-10-9(7-8)5-6-12(10,2)11(13)14/h3-4,7H,5-6H2,1-2H3,(H,13,14). The topological polar surface area (TPSA) is 37.3 Å². The lowest BCUT2D eigenvalue weighted by Gasteiger charge is -2.19. The molecule has 0 spiro atoms. The lowest BCUT2D eigenvalue weighted by molar-refractivity contribution is -0.143. The number of aryl methyl sites for hydroxylation is 2. The van der Waals surface area contributed by atoms with Gasteiger partial charge in [0.15, 0.2) is 0 Å².